The van der Waals surface area contributed by atoms with Crippen LogP contribution in [0.15, 0.2) is 40.9 Å². The van der Waals surface area contributed by atoms with Crippen molar-refractivity contribution in [2.45, 2.75) is 58.2 Å². The summed E-state index contributed by atoms with van der Waals surface area (Å²) in [7, 11) is 0. The molecule has 2 atom stereocenters. The van der Waals surface area contributed by atoms with E-state index in [4.69, 9.17) is 9.26 Å². The maximum absolute atomic E-state index is 13.0. The van der Waals surface area contributed by atoms with E-state index in [1.807, 2.05) is 36.4 Å². The fourth-order valence-electron chi connectivity index (χ4n) is 3.58. The van der Waals surface area contributed by atoms with Crippen LogP contribution in [0.25, 0.3) is 0 Å². The molecule has 3 rings (SSSR count). The Morgan fingerprint density at radius 2 is 1.97 bits per heavy atom. The van der Waals surface area contributed by atoms with Gasteiger partial charge in [0.15, 0.2) is 0 Å². The second-order valence-corrected chi connectivity index (χ2v) is 8.54. The fourth-order valence-corrected chi connectivity index (χ4v) is 3.58. The van der Waals surface area contributed by atoms with E-state index in [1.54, 1.807) is 13.8 Å². The number of carbonyl (C=O) groups is 4. The van der Waals surface area contributed by atoms with Gasteiger partial charge in [-0.25, -0.2) is 4.79 Å². The summed E-state index contributed by atoms with van der Waals surface area (Å²) < 4.78 is 10.4. The normalized spacial score (nSPS) is 17.7. The van der Waals surface area contributed by atoms with Gasteiger partial charge in [0, 0.05) is 19.0 Å². The minimum absolute atomic E-state index is 0.0597. The van der Waals surface area contributed by atoms with Crippen LogP contribution < -0.4 is 16.0 Å². The number of benzene rings is 1. The number of Topliss-reactive ketones (excluding diaryl/α,β-unsaturated/α-hetero) is 1. The number of aromatic nitrogens is 1. The van der Waals surface area contributed by atoms with Crippen molar-refractivity contribution in [3.63, 3.8) is 0 Å². The Morgan fingerprint density at radius 1 is 1.21 bits per heavy atom. The second-order valence-electron chi connectivity index (χ2n) is 8.54. The van der Waals surface area contributed by atoms with Gasteiger partial charge in [-0.3, -0.25) is 14.4 Å². The van der Waals surface area contributed by atoms with Gasteiger partial charge in [0.2, 0.25) is 11.7 Å². The Kier molecular flexibility index (Phi) is 8.78. The first-order valence-corrected chi connectivity index (χ1v) is 11.4. The highest BCUT2D eigenvalue weighted by Gasteiger charge is 2.31. The third kappa shape index (κ3) is 7.16. The monoisotopic (exact) mass is 470 g/mol. The Bertz CT molecular complexity index is 1000. The van der Waals surface area contributed by atoms with Crippen molar-refractivity contribution in [2.75, 3.05) is 6.54 Å². The molecule has 2 unspecified atom stereocenters. The van der Waals surface area contributed by atoms with Crippen LogP contribution in [0.5, 0.6) is 0 Å². The summed E-state index contributed by atoms with van der Waals surface area (Å²) in [6.07, 6.45) is 0.955. The Balaban J connectivity index is 1.62. The molecule has 0 fully saturated rings. The van der Waals surface area contributed by atoms with Gasteiger partial charge in [-0.2, -0.15) is 0 Å². The third-order valence-corrected chi connectivity index (χ3v) is 5.48. The second kappa shape index (κ2) is 12.0. The van der Waals surface area contributed by atoms with E-state index in [0.717, 1.165) is 11.3 Å². The maximum atomic E-state index is 13.0. The molecule has 0 radical (unpaired) electrons. The first kappa shape index (κ1) is 24.9. The molecule has 1 aliphatic rings. The number of rotatable bonds is 6. The summed E-state index contributed by atoms with van der Waals surface area (Å²) in [6.45, 7) is 3.80. The average Bonchev–Trinajstić information content (AvgIpc) is 3.27. The first-order chi connectivity index (χ1) is 16.3. The zero-order valence-electron chi connectivity index (χ0n) is 19.3. The van der Waals surface area contributed by atoms with E-state index in [0.29, 0.717) is 25.0 Å². The standard InChI is InChI=1S/C24H30N4O6/c1-15(2)20(27-24(32)33-14-16-7-4-3-5-8-16)22(30)26-19-10-6-9-17-13-18(34-28-17)11-12-25-23(31)21(19)29/h3-5,7-8,13,15,19-20H,6,9-12,14H2,1-2H3,(H,25,31)(H,26,30)(H,27,32). The molecule has 10 heteroatoms. The van der Waals surface area contributed by atoms with Crippen molar-refractivity contribution in [1.82, 2.24) is 21.1 Å². The lowest BCUT2D eigenvalue weighted by Gasteiger charge is -2.24. The molecule has 10 nitrogen and oxygen atoms in total. The molecule has 1 aliphatic heterocycles. The van der Waals surface area contributed by atoms with E-state index in [9.17, 15) is 19.2 Å². The Hall–Kier alpha value is -3.69. The predicted molar refractivity (Wildman–Crippen MR) is 121 cm³/mol. The Morgan fingerprint density at radius 3 is 2.71 bits per heavy atom. The van der Waals surface area contributed by atoms with E-state index < -0.39 is 35.8 Å². The van der Waals surface area contributed by atoms with Crippen LogP contribution in [0.2, 0.25) is 0 Å². The lowest BCUT2D eigenvalue weighted by Crippen LogP contribution is -2.55. The molecular formula is C24H30N4O6. The van der Waals surface area contributed by atoms with Crippen molar-refractivity contribution in [1.29, 1.82) is 0 Å². The van der Waals surface area contributed by atoms with Crippen LogP contribution in [-0.4, -0.2) is 47.5 Å². The summed E-state index contributed by atoms with van der Waals surface area (Å²) in [5.41, 5.74) is 1.56. The molecule has 3 N–H and O–H groups in total. The van der Waals surface area contributed by atoms with Gasteiger partial charge in [0.1, 0.15) is 18.4 Å². The molecule has 3 amide bonds. The first-order valence-electron chi connectivity index (χ1n) is 11.4. The SMILES string of the molecule is CC(C)C(NC(=O)OCc1ccccc1)C(=O)NC1CCCc2cc(on2)CCNC(=O)C1=O. The van der Waals surface area contributed by atoms with Crippen LogP contribution in [-0.2, 0) is 38.6 Å². The number of carbonyl (C=O) groups excluding carboxylic acids is 4. The number of hydrogen-bond acceptors (Lipinski definition) is 7. The highest BCUT2D eigenvalue weighted by molar-refractivity contribution is 6.38. The summed E-state index contributed by atoms with van der Waals surface area (Å²) in [4.78, 5) is 50.4. The van der Waals surface area contributed by atoms with Crippen LogP contribution in [0.1, 0.15) is 43.7 Å². The van der Waals surface area contributed by atoms with Gasteiger partial charge in [-0.1, -0.05) is 49.3 Å². The van der Waals surface area contributed by atoms with Gasteiger partial charge in [0.25, 0.3) is 5.91 Å². The van der Waals surface area contributed by atoms with Crippen molar-refractivity contribution in [3.05, 3.63) is 53.4 Å². The highest BCUT2D eigenvalue weighted by atomic mass is 16.5. The number of alkyl carbamates (subject to hydrolysis) is 1. The number of nitrogens with zero attached hydrogens (tertiary/aromatic N) is 1. The largest absolute Gasteiger partial charge is 0.445 e. The van der Waals surface area contributed by atoms with Gasteiger partial charge in [-0.15, -0.1) is 0 Å². The number of amides is 3. The van der Waals surface area contributed by atoms with E-state index in [-0.39, 0.29) is 25.5 Å². The number of nitrogens with one attached hydrogen (secondary N) is 3. The topological polar surface area (TPSA) is 140 Å². The minimum Gasteiger partial charge on any atom is -0.445 e. The minimum atomic E-state index is -1.03. The van der Waals surface area contributed by atoms with Crippen LogP contribution in [0.4, 0.5) is 4.79 Å². The van der Waals surface area contributed by atoms with E-state index in [1.165, 1.54) is 0 Å². The zero-order chi connectivity index (χ0) is 24.5. The molecular weight excluding hydrogens is 440 g/mol. The van der Waals surface area contributed by atoms with Gasteiger partial charge in [0.05, 0.1) is 11.7 Å². The molecule has 0 saturated carbocycles. The molecule has 182 valence electrons. The van der Waals surface area contributed by atoms with Crippen molar-refractivity contribution in [3.8, 4) is 0 Å². The number of ketones is 1. The van der Waals surface area contributed by atoms with Gasteiger partial charge in [-0.05, 0) is 30.7 Å². The molecule has 2 bridgehead atoms. The number of ether oxygens (including phenoxy) is 1. The number of hydrogen-bond donors (Lipinski definition) is 3. The molecule has 2 heterocycles. The number of fused-ring (bicyclic) bond motifs is 2. The van der Waals surface area contributed by atoms with E-state index >= 15 is 0 Å². The zero-order valence-corrected chi connectivity index (χ0v) is 19.3. The Labute approximate surface area is 197 Å². The van der Waals surface area contributed by atoms with Gasteiger partial charge >= 0.3 is 6.09 Å². The summed E-state index contributed by atoms with van der Waals surface area (Å²) in [5.74, 6) is -1.71. The summed E-state index contributed by atoms with van der Waals surface area (Å²) in [5, 5.41) is 11.8. The third-order valence-electron chi connectivity index (χ3n) is 5.48. The van der Waals surface area contributed by atoms with Crippen molar-refractivity contribution < 1.29 is 28.4 Å². The van der Waals surface area contributed by atoms with Crippen LogP contribution in [0, 0.1) is 5.92 Å². The quantitative estimate of drug-likeness (QED) is 0.546. The molecule has 0 aliphatic carbocycles. The molecule has 0 saturated heterocycles. The lowest BCUT2D eigenvalue weighted by atomic mass is 10.00. The fraction of sp³-hybridized carbons (Fsp3) is 0.458. The predicted octanol–water partition coefficient (Wildman–Crippen LogP) is 1.67. The van der Waals surface area contributed by atoms with Crippen LogP contribution in [0.3, 0.4) is 0 Å². The summed E-state index contributed by atoms with van der Waals surface area (Å²) >= 11 is 0. The van der Waals surface area contributed by atoms with Gasteiger partial charge < -0.3 is 25.2 Å². The van der Waals surface area contributed by atoms with E-state index in [2.05, 4.69) is 21.1 Å². The molecule has 1 aromatic carbocycles. The highest BCUT2D eigenvalue weighted by Crippen LogP contribution is 2.12. The molecule has 34 heavy (non-hydrogen) atoms. The lowest BCUT2D eigenvalue weighted by molar-refractivity contribution is -0.140. The van der Waals surface area contributed by atoms with Crippen molar-refractivity contribution in [2.24, 2.45) is 5.92 Å². The molecule has 2 aromatic rings. The maximum Gasteiger partial charge on any atom is 0.408 e. The summed E-state index contributed by atoms with van der Waals surface area (Å²) in [6, 6.07) is 9.01. The average molecular weight is 471 g/mol. The number of aryl methyl sites for hydroxylation is 1. The van der Waals surface area contributed by atoms with Crippen LogP contribution >= 0.6 is 0 Å². The molecule has 0 spiro atoms. The smallest absolute Gasteiger partial charge is 0.408 e. The van der Waals surface area contributed by atoms with Crippen molar-refractivity contribution >= 4 is 23.7 Å². The molecule has 1 aromatic heterocycles.